The third kappa shape index (κ3) is 3.77. The average Bonchev–Trinajstić information content (AvgIpc) is 1.83. The average molecular weight is 116 g/mol. The fourth-order valence-corrected chi connectivity index (χ4v) is 0.370. The number of rotatable bonds is 4. The molecule has 0 unspecified atom stereocenters. The highest BCUT2D eigenvalue weighted by Gasteiger charge is 1.98. The van der Waals surface area contributed by atoms with Crippen molar-refractivity contribution in [1.82, 2.24) is 0 Å². The largest absolute Gasteiger partial charge is 0.385 e. The summed E-state index contributed by atoms with van der Waals surface area (Å²) in [6.07, 6.45) is 1.63. The van der Waals surface area contributed by atoms with E-state index < -0.39 is 6.10 Å². The molecule has 0 saturated heterocycles. The van der Waals surface area contributed by atoms with Crippen LogP contribution in [0.2, 0.25) is 0 Å². The van der Waals surface area contributed by atoms with Crippen molar-refractivity contribution in [2.24, 2.45) is 5.73 Å². The summed E-state index contributed by atoms with van der Waals surface area (Å²) < 4.78 is 0. The molecule has 0 aromatic heterocycles. The minimum atomic E-state index is -0.932. The Balaban J connectivity index is 2.98. The standard InChI is InChI=1S/C5H10NO2/c6-3-1-2-5(8)4-7/h5,8H,1-3,6H2/t5-/m0/s1. The quantitative estimate of drug-likeness (QED) is 0.505. The van der Waals surface area contributed by atoms with E-state index in [-0.39, 0.29) is 0 Å². The Hall–Kier alpha value is -0.410. The molecule has 0 bridgehead atoms. The zero-order chi connectivity index (χ0) is 6.41. The number of nitrogens with two attached hydrogens (primary N) is 1. The van der Waals surface area contributed by atoms with Gasteiger partial charge in [0, 0.05) is 0 Å². The Morgan fingerprint density at radius 2 is 2.38 bits per heavy atom. The highest BCUT2D eigenvalue weighted by atomic mass is 16.3. The summed E-state index contributed by atoms with van der Waals surface area (Å²) in [6, 6.07) is 0. The monoisotopic (exact) mass is 116 g/mol. The molecule has 47 valence electrons. The topological polar surface area (TPSA) is 63.3 Å². The van der Waals surface area contributed by atoms with E-state index in [0.29, 0.717) is 19.4 Å². The van der Waals surface area contributed by atoms with Crippen LogP contribution in [0.4, 0.5) is 0 Å². The summed E-state index contributed by atoms with van der Waals surface area (Å²) in [6.45, 7) is 0.513. The van der Waals surface area contributed by atoms with Crippen LogP contribution >= 0.6 is 0 Å². The molecule has 1 radical (unpaired) electrons. The first-order valence-electron chi connectivity index (χ1n) is 2.57. The molecule has 0 aliphatic rings. The first-order chi connectivity index (χ1) is 3.81. The molecule has 0 rings (SSSR count). The normalized spacial score (nSPS) is 13.2. The minimum Gasteiger partial charge on any atom is -0.385 e. The van der Waals surface area contributed by atoms with Crippen molar-refractivity contribution in [2.75, 3.05) is 6.54 Å². The maximum absolute atomic E-state index is 9.59. The first-order valence-corrected chi connectivity index (χ1v) is 2.57. The molecule has 3 nitrogen and oxygen atoms in total. The molecule has 1 atom stereocenters. The molecule has 0 saturated carbocycles. The lowest BCUT2D eigenvalue weighted by molar-refractivity contribution is 0.222. The van der Waals surface area contributed by atoms with Crippen LogP contribution in [-0.2, 0) is 4.79 Å². The van der Waals surface area contributed by atoms with Gasteiger partial charge in [0.1, 0.15) is 6.10 Å². The van der Waals surface area contributed by atoms with Crippen LogP contribution in [-0.4, -0.2) is 24.0 Å². The van der Waals surface area contributed by atoms with Gasteiger partial charge >= 0.3 is 0 Å². The zero-order valence-corrected chi connectivity index (χ0v) is 4.63. The summed E-state index contributed by atoms with van der Waals surface area (Å²) >= 11 is 0. The van der Waals surface area contributed by atoms with Crippen LogP contribution < -0.4 is 5.73 Å². The summed E-state index contributed by atoms with van der Waals surface area (Å²) in [7, 11) is 0. The lowest BCUT2D eigenvalue weighted by Crippen LogP contribution is -2.10. The maximum Gasteiger partial charge on any atom is 0.229 e. The van der Waals surface area contributed by atoms with Gasteiger partial charge in [-0.2, -0.15) is 0 Å². The second-order valence-electron chi connectivity index (χ2n) is 1.56. The summed E-state index contributed by atoms with van der Waals surface area (Å²) in [5.74, 6) is 0. The van der Waals surface area contributed by atoms with Crippen molar-refractivity contribution < 1.29 is 9.90 Å². The predicted molar refractivity (Wildman–Crippen MR) is 30.0 cm³/mol. The van der Waals surface area contributed by atoms with Gasteiger partial charge in [-0.3, -0.25) is 4.79 Å². The number of carbonyl (C=O) groups excluding carboxylic acids is 1. The van der Waals surface area contributed by atoms with E-state index in [2.05, 4.69) is 0 Å². The van der Waals surface area contributed by atoms with E-state index in [4.69, 9.17) is 10.8 Å². The van der Waals surface area contributed by atoms with Crippen LogP contribution in [0, 0.1) is 0 Å². The molecule has 0 fully saturated rings. The van der Waals surface area contributed by atoms with Gasteiger partial charge in [0.2, 0.25) is 6.29 Å². The third-order valence-corrected chi connectivity index (χ3v) is 0.818. The van der Waals surface area contributed by atoms with Crippen molar-refractivity contribution in [3.63, 3.8) is 0 Å². The predicted octanol–water partition coefficient (Wildman–Crippen LogP) is -0.804. The Morgan fingerprint density at radius 3 is 2.75 bits per heavy atom. The lowest BCUT2D eigenvalue weighted by atomic mass is 10.2. The van der Waals surface area contributed by atoms with E-state index in [9.17, 15) is 4.79 Å². The van der Waals surface area contributed by atoms with Crippen LogP contribution in [0.3, 0.4) is 0 Å². The van der Waals surface area contributed by atoms with Crippen LogP contribution in [0.5, 0.6) is 0 Å². The maximum atomic E-state index is 9.59. The number of hydrogen-bond acceptors (Lipinski definition) is 3. The molecular weight excluding hydrogens is 106 g/mol. The van der Waals surface area contributed by atoms with Gasteiger partial charge in [0.25, 0.3) is 0 Å². The number of hydrogen-bond donors (Lipinski definition) is 2. The molecule has 0 aliphatic carbocycles. The minimum absolute atomic E-state index is 0.431. The van der Waals surface area contributed by atoms with Gasteiger partial charge in [-0.25, -0.2) is 0 Å². The molecule has 0 aromatic rings. The van der Waals surface area contributed by atoms with Crippen molar-refractivity contribution >= 4 is 6.29 Å². The zero-order valence-electron chi connectivity index (χ0n) is 4.63. The molecule has 0 heterocycles. The third-order valence-electron chi connectivity index (χ3n) is 0.818. The van der Waals surface area contributed by atoms with Gasteiger partial charge in [0.05, 0.1) is 0 Å². The van der Waals surface area contributed by atoms with E-state index in [0.717, 1.165) is 0 Å². The Labute approximate surface area is 48.5 Å². The highest BCUT2D eigenvalue weighted by Crippen LogP contribution is 1.89. The van der Waals surface area contributed by atoms with E-state index in [1.807, 2.05) is 0 Å². The molecular formula is C5H10NO2. The Bertz CT molecular complexity index is 65.4. The second-order valence-corrected chi connectivity index (χ2v) is 1.56. The van der Waals surface area contributed by atoms with Crippen molar-refractivity contribution in [1.29, 1.82) is 0 Å². The van der Waals surface area contributed by atoms with Gasteiger partial charge in [0.15, 0.2) is 0 Å². The highest BCUT2D eigenvalue weighted by molar-refractivity contribution is 5.56. The van der Waals surface area contributed by atoms with Crippen LogP contribution in [0.1, 0.15) is 12.8 Å². The fraction of sp³-hybridized carbons (Fsp3) is 0.800. The molecule has 0 aromatic carbocycles. The van der Waals surface area contributed by atoms with Gasteiger partial charge < -0.3 is 10.8 Å². The van der Waals surface area contributed by atoms with E-state index in [1.165, 1.54) is 6.29 Å². The van der Waals surface area contributed by atoms with Crippen molar-refractivity contribution in [3.05, 3.63) is 0 Å². The summed E-state index contributed by atoms with van der Waals surface area (Å²) in [5, 5.41) is 8.51. The summed E-state index contributed by atoms with van der Waals surface area (Å²) in [4.78, 5) is 9.59. The Morgan fingerprint density at radius 1 is 1.75 bits per heavy atom. The number of aliphatic hydroxyl groups is 1. The van der Waals surface area contributed by atoms with Crippen LogP contribution in [0.15, 0.2) is 0 Å². The molecule has 0 spiro atoms. The lowest BCUT2D eigenvalue weighted by Gasteiger charge is -1.96. The second kappa shape index (κ2) is 4.74. The SMILES string of the molecule is NCCC[C@H](O)[C]=O. The van der Waals surface area contributed by atoms with Crippen LogP contribution in [0.25, 0.3) is 0 Å². The fourth-order valence-electron chi connectivity index (χ4n) is 0.370. The first kappa shape index (κ1) is 7.59. The van der Waals surface area contributed by atoms with Gasteiger partial charge in [-0.1, -0.05) is 0 Å². The molecule has 0 amide bonds. The van der Waals surface area contributed by atoms with Crippen molar-refractivity contribution in [2.45, 2.75) is 18.9 Å². The van der Waals surface area contributed by atoms with Gasteiger partial charge in [-0.05, 0) is 19.4 Å². The molecule has 3 heteroatoms. The van der Waals surface area contributed by atoms with Crippen molar-refractivity contribution in [3.8, 4) is 0 Å². The summed E-state index contributed by atoms with van der Waals surface area (Å²) in [5.41, 5.74) is 5.09. The molecule has 3 N–H and O–H groups in total. The van der Waals surface area contributed by atoms with E-state index in [1.54, 1.807) is 0 Å². The molecule has 8 heavy (non-hydrogen) atoms. The van der Waals surface area contributed by atoms with E-state index >= 15 is 0 Å². The van der Waals surface area contributed by atoms with Gasteiger partial charge in [-0.15, -0.1) is 0 Å². The molecule has 0 aliphatic heterocycles. The Kier molecular flexibility index (Phi) is 4.50. The smallest absolute Gasteiger partial charge is 0.229 e. The number of aliphatic hydroxyl groups excluding tert-OH is 1.